The van der Waals surface area contributed by atoms with Gasteiger partial charge in [0, 0.05) is 28.9 Å². The molecule has 3 rings (SSSR count). The van der Waals surface area contributed by atoms with E-state index in [1.807, 2.05) is 67.3 Å². The molecule has 2 aromatic rings. The molecule has 158 valence electrons. The van der Waals surface area contributed by atoms with E-state index in [-0.39, 0.29) is 5.78 Å². The summed E-state index contributed by atoms with van der Waals surface area (Å²) in [7, 11) is 1.62. The molecule has 1 aliphatic heterocycles. The van der Waals surface area contributed by atoms with Crippen molar-refractivity contribution in [2.75, 3.05) is 20.3 Å². The normalized spacial score (nSPS) is 16.3. The Bertz CT molecular complexity index is 956. The number of ether oxygens (including phenoxy) is 2. The number of para-hydroxylation sites is 1. The smallest absolute Gasteiger partial charge is 0.193 e. The second-order valence-corrected chi connectivity index (χ2v) is 7.43. The quantitative estimate of drug-likeness (QED) is 0.481. The summed E-state index contributed by atoms with van der Waals surface area (Å²) in [5.74, 6) is 1.24. The molecule has 30 heavy (non-hydrogen) atoms. The molecule has 6 heteroatoms. The molecule has 0 saturated heterocycles. The van der Waals surface area contributed by atoms with E-state index < -0.39 is 6.04 Å². The summed E-state index contributed by atoms with van der Waals surface area (Å²) in [6.07, 6.45) is 0.863. The summed E-state index contributed by atoms with van der Waals surface area (Å²) in [5.41, 5.74) is 2.98. The number of Topliss-reactive ketones (excluding diaryl/α,β-unsaturated/α-hetero) is 1. The first-order chi connectivity index (χ1) is 14.5. The number of ketones is 1. The van der Waals surface area contributed by atoms with Crippen LogP contribution in [0, 0.1) is 0 Å². The van der Waals surface area contributed by atoms with Gasteiger partial charge in [0.05, 0.1) is 19.8 Å². The van der Waals surface area contributed by atoms with Gasteiger partial charge >= 0.3 is 0 Å². The molecular formula is C24H28N2O3S. The second-order valence-electron chi connectivity index (χ2n) is 7.05. The Morgan fingerprint density at radius 2 is 1.87 bits per heavy atom. The number of carbonyl (C=O) groups excluding carboxylic acids is 1. The Morgan fingerprint density at radius 3 is 2.50 bits per heavy atom. The fourth-order valence-electron chi connectivity index (χ4n) is 3.71. The van der Waals surface area contributed by atoms with Crippen LogP contribution in [0.4, 0.5) is 0 Å². The van der Waals surface area contributed by atoms with Gasteiger partial charge < -0.3 is 19.7 Å². The van der Waals surface area contributed by atoms with Crippen molar-refractivity contribution in [3.63, 3.8) is 0 Å². The molecule has 0 radical (unpaired) electrons. The molecule has 2 aromatic carbocycles. The van der Waals surface area contributed by atoms with Crippen molar-refractivity contribution < 1.29 is 14.3 Å². The van der Waals surface area contributed by atoms with Gasteiger partial charge in [0.1, 0.15) is 0 Å². The number of rotatable bonds is 8. The lowest BCUT2D eigenvalue weighted by Gasteiger charge is -2.38. The third kappa shape index (κ3) is 4.19. The number of benzene rings is 2. The van der Waals surface area contributed by atoms with Crippen molar-refractivity contribution in [3.05, 3.63) is 70.9 Å². The van der Waals surface area contributed by atoms with Crippen LogP contribution in [0.25, 0.3) is 0 Å². The van der Waals surface area contributed by atoms with Crippen molar-refractivity contribution in [1.29, 1.82) is 0 Å². The average Bonchev–Trinajstić information content (AvgIpc) is 2.77. The van der Waals surface area contributed by atoms with Gasteiger partial charge in [-0.1, -0.05) is 49.4 Å². The molecule has 0 aromatic heterocycles. The van der Waals surface area contributed by atoms with E-state index in [4.69, 9.17) is 21.7 Å². The second kappa shape index (κ2) is 9.76. The highest BCUT2D eigenvalue weighted by Gasteiger charge is 2.35. The van der Waals surface area contributed by atoms with Crippen LogP contribution in [0.15, 0.2) is 59.8 Å². The Kier molecular flexibility index (Phi) is 7.11. The van der Waals surface area contributed by atoms with Gasteiger partial charge in [0.2, 0.25) is 0 Å². The first-order valence-electron chi connectivity index (χ1n) is 10.2. The van der Waals surface area contributed by atoms with Crippen molar-refractivity contribution in [1.82, 2.24) is 10.2 Å². The van der Waals surface area contributed by atoms with Crippen molar-refractivity contribution in [2.45, 2.75) is 33.2 Å². The number of nitrogens with zero attached hydrogens (tertiary/aromatic N) is 1. The zero-order chi connectivity index (χ0) is 21.7. The maximum atomic E-state index is 13.6. The SMILES string of the molecule is CCCOc1c(OC)cccc1C1NC(=S)N(CC)C(C)=C1C(=O)c1ccccc1. The van der Waals surface area contributed by atoms with Crippen LogP contribution >= 0.6 is 12.2 Å². The van der Waals surface area contributed by atoms with Crippen LogP contribution in [-0.2, 0) is 0 Å². The molecule has 0 bridgehead atoms. The van der Waals surface area contributed by atoms with Crippen molar-refractivity contribution in [3.8, 4) is 11.5 Å². The highest BCUT2D eigenvalue weighted by atomic mass is 32.1. The topological polar surface area (TPSA) is 50.8 Å². The van der Waals surface area contributed by atoms with Gasteiger partial charge in [-0.25, -0.2) is 0 Å². The minimum Gasteiger partial charge on any atom is -0.493 e. The lowest BCUT2D eigenvalue weighted by atomic mass is 9.88. The highest BCUT2D eigenvalue weighted by Crippen LogP contribution is 2.41. The minimum atomic E-state index is -0.435. The maximum Gasteiger partial charge on any atom is 0.193 e. The van der Waals surface area contributed by atoms with Gasteiger partial charge in [-0.2, -0.15) is 0 Å². The predicted octanol–water partition coefficient (Wildman–Crippen LogP) is 4.89. The van der Waals surface area contributed by atoms with E-state index in [2.05, 4.69) is 12.2 Å². The first kappa shape index (κ1) is 21.8. The molecule has 0 aliphatic carbocycles. The molecule has 1 unspecified atom stereocenters. The van der Waals surface area contributed by atoms with Crippen LogP contribution in [0.2, 0.25) is 0 Å². The van der Waals surface area contributed by atoms with E-state index in [9.17, 15) is 4.79 Å². The number of nitrogens with one attached hydrogen (secondary N) is 1. The van der Waals surface area contributed by atoms with E-state index in [0.29, 0.717) is 40.9 Å². The number of thiocarbonyl (C=S) groups is 1. The van der Waals surface area contributed by atoms with Crippen LogP contribution < -0.4 is 14.8 Å². The first-order valence-corrected chi connectivity index (χ1v) is 10.6. The van der Waals surface area contributed by atoms with Gasteiger partial charge in [0.25, 0.3) is 0 Å². The summed E-state index contributed by atoms with van der Waals surface area (Å²) in [6.45, 7) is 7.25. The summed E-state index contributed by atoms with van der Waals surface area (Å²) >= 11 is 5.63. The Balaban J connectivity index is 2.18. The van der Waals surface area contributed by atoms with Crippen LogP contribution in [0.1, 0.15) is 49.2 Å². The zero-order valence-electron chi connectivity index (χ0n) is 17.9. The molecule has 0 fully saturated rings. The Morgan fingerprint density at radius 1 is 1.13 bits per heavy atom. The lowest BCUT2D eigenvalue weighted by molar-refractivity contribution is 0.102. The predicted molar refractivity (Wildman–Crippen MR) is 123 cm³/mol. The van der Waals surface area contributed by atoms with E-state index >= 15 is 0 Å². The fraction of sp³-hybridized carbons (Fsp3) is 0.333. The maximum absolute atomic E-state index is 13.6. The van der Waals surface area contributed by atoms with Gasteiger partial charge in [0.15, 0.2) is 22.4 Å². The molecule has 0 saturated carbocycles. The highest BCUT2D eigenvalue weighted by molar-refractivity contribution is 7.80. The largest absolute Gasteiger partial charge is 0.493 e. The van der Waals surface area contributed by atoms with Crippen molar-refractivity contribution >= 4 is 23.1 Å². The summed E-state index contributed by atoms with van der Waals surface area (Å²) < 4.78 is 11.6. The monoisotopic (exact) mass is 424 g/mol. The molecule has 1 N–H and O–H groups in total. The standard InChI is InChI=1S/C24H28N2O3S/c1-5-15-29-23-18(13-10-14-19(23)28-4)21-20(16(3)26(6-2)24(30)25-21)22(27)17-11-8-7-9-12-17/h7-14,21H,5-6,15H2,1-4H3,(H,25,30). The van der Waals surface area contributed by atoms with Gasteiger partial charge in [-0.3, -0.25) is 4.79 Å². The summed E-state index contributed by atoms with van der Waals surface area (Å²) in [5, 5.41) is 3.97. The van der Waals surface area contributed by atoms with Gasteiger partial charge in [-0.05, 0) is 38.6 Å². The van der Waals surface area contributed by atoms with Crippen molar-refractivity contribution in [2.24, 2.45) is 0 Å². The number of hydrogen-bond donors (Lipinski definition) is 1. The summed E-state index contributed by atoms with van der Waals surface area (Å²) in [4.78, 5) is 15.6. The molecule has 1 atom stereocenters. The molecule has 0 spiro atoms. The van der Waals surface area contributed by atoms with E-state index in [1.54, 1.807) is 7.11 Å². The minimum absolute atomic E-state index is 0.0317. The number of carbonyl (C=O) groups is 1. The molecule has 1 aliphatic rings. The number of methoxy groups -OCH3 is 1. The molecule has 1 heterocycles. The van der Waals surface area contributed by atoms with E-state index in [1.165, 1.54) is 0 Å². The summed E-state index contributed by atoms with van der Waals surface area (Å²) in [6, 6.07) is 14.6. The molecule has 5 nitrogen and oxygen atoms in total. The third-order valence-corrected chi connectivity index (χ3v) is 5.52. The number of hydrogen-bond acceptors (Lipinski definition) is 4. The third-order valence-electron chi connectivity index (χ3n) is 5.18. The Hall–Kier alpha value is -2.86. The number of allylic oxidation sites excluding steroid dienone is 1. The Labute approximate surface area is 183 Å². The molecular weight excluding hydrogens is 396 g/mol. The van der Waals surface area contributed by atoms with Crippen LogP contribution in [-0.4, -0.2) is 36.1 Å². The van der Waals surface area contributed by atoms with Crippen LogP contribution in [0.3, 0.4) is 0 Å². The lowest BCUT2D eigenvalue weighted by Crippen LogP contribution is -2.47. The van der Waals surface area contributed by atoms with E-state index in [0.717, 1.165) is 17.7 Å². The molecule has 0 amide bonds. The van der Waals surface area contributed by atoms with Crippen LogP contribution in [0.5, 0.6) is 11.5 Å². The van der Waals surface area contributed by atoms with Gasteiger partial charge in [-0.15, -0.1) is 0 Å². The zero-order valence-corrected chi connectivity index (χ0v) is 18.7. The average molecular weight is 425 g/mol. The fourth-order valence-corrected chi connectivity index (χ4v) is 4.10.